The first-order valence-electron chi connectivity index (χ1n) is 8.12. The average molecular weight is 474 g/mol. The van der Waals surface area contributed by atoms with E-state index in [0.29, 0.717) is 18.8 Å². The number of carbonyl (C=O) groups is 1. The van der Waals surface area contributed by atoms with E-state index in [1.54, 1.807) is 24.0 Å². The summed E-state index contributed by atoms with van der Waals surface area (Å²) >= 11 is 2.15. The van der Waals surface area contributed by atoms with Crippen molar-refractivity contribution in [3.63, 3.8) is 0 Å². The monoisotopic (exact) mass is 474 g/mol. The lowest BCUT2D eigenvalue weighted by Gasteiger charge is -2.39. The van der Waals surface area contributed by atoms with Gasteiger partial charge in [-0.3, -0.25) is 9.67 Å². The van der Waals surface area contributed by atoms with Crippen LogP contribution < -0.4 is 4.74 Å². The van der Waals surface area contributed by atoms with E-state index in [1.165, 1.54) is 4.90 Å². The van der Waals surface area contributed by atoms with E-state index >= 15 is 0 Å². The van der Waals surface area contributed by atoms with E-state index in [9.17, 15) is 9.18 Å². The van der Waals surface area contributed by atoms with Crippen LogP contribution >= 0.6 is 22.6 Å². The summed E-state index contributed by atoms with van der Waals surface area (Å²) in [5.74, 6) is -0.428. The third kappa shape index (κ3) is 4.08. The molecule has 2 aromatic rings. The van der Waals surface area contributed by atoms with Gasteiger partial charge in [0.25, 0.3) is 0 Å². The van der Waals surface area contributed by atoms with Crippen LogP contribution in [-0.2, 0) is 11.8 Å². The van der Waals surface area contributed by atoms with E-state index < -0.39 is 17.5 Å². The Kier molecular flexibility index (Phi) is 5.09. The van der Waals surface area contributed by atoms with E-state index in [0.717, 1.165) is 15.5 Å². The Morgan fingerprint density at radius 1 is 1.35 bits per heavy atom. The minimum Gasteiger partial charge on any atom is -0.483 e. The summed E-state index contributed by atoms with van der Waals surface area (Å²) < 4.78 is 27.7. The highest BCUT2D eigenvalue weighted by Gasteiger charge is 2.35. The van der Waals surface area contributed by atoms with Gasteiger partial charge in [0.05, 0.1) is 40.4 Å². The Morgan fingerprint density at radius 2 is 2.04 bits per heavy atom. The molecule has 0 atom stereocenters. The second-order valence-corrected chi connectivity index (χ2v) is 8.25. The number of ether oxygens (including phenoxy) is 2. The Hall–Kier alpha value is -1.91. The Labute approximate surface area is 164 Å². The van der Waals surface area contributed by atoms with Crippen molar-refractivity contribution in [1.82, 2.24) is 19.7 Å². The molecule has 1 saturated heterocycles. The van der Waals surface area contributed by atoms with E-state index in [-0.39, 0.29) is 11.9 Å². The summed E-state index contributed by atoms with van der Waals surface area (Å²) in [5, 5.41) is 4.17. The van der Waals surface area contributed by atoms with Crippen LogP contribution in [0.1, 0.15) is 20.8 Å². The number of halogens is 2. The number of likely N-dealkylation sites (tertiary alicyclic amines) is 1. The van der Waals surface area contributed by atoms with Crippen LogP contribution in [0.4, 0.5) is 9.18 Å². The lowest BCUT2D eigenvalue weighted by Crippen LogP contribution is -2.57. The summed E-state index contributed by atoms with van der Waals surface area (Å²) in [6.07, 6.45) is 2.18. The molecule has 0 saturated carbocycles. The van der Waals surface area contributed by atoms with Crippen molar-refractivity contribution < 1.29 is 18.7 Å². The number of aromatic nitrogens is 3. The zero-order chi connectivity index (χ0) is 19.1. The maximum atomic E-state index is 14.1. The summed E-state index contributed by atoms with van der Waals surface area (Å²) in [5.41, 5.74) is 0.823. The largest absolute Gasteiger partial charge is 0.483 e. The van der Waals surface area contributed by atoms with Crippen LogP contribution in [0.3, 0.4) is 0 Å². The highest BCUT2D eigenvalue weighted by molar-refractivity contribution is 14.1. The van der Waals surface area contributed by atoms with Gasteiger partial charge in [-0.05, 0) is 43.4 Å². The molecule has 1 aliphatic rings. The van der Waals surface area contributed by atoms with Gasteiger partial charge in [-0.15, -0.1) is 0 Å². The van der Waals surface area contributed by atoms with Crippen LogP contribution in [0.25, 0.3) is 11.4 Å². The van der Waals surface area contributed by atoms with Crippen molar-refractivity contribution in [2.75, 3.05) is 13.1 Å². The second kappa shape index (κ2) is 7.01. The molecule has 0 bridgehead atoms. The molecular formula is C17H20FIN4O3. The molecule has 0 aliphatic carbocycles. The van der Waals surface area contributed by atoms with Gasteiger partial charge in [0.1, 0.15) is 11.7 Å². The maximum Gasteiger partial charge on any atom is 0.410 e. The fourth-order valence-electron chi connectivity index (χ4n) is 2.51. The van der Waals surface area contributed by atoms with Crippen LogP contribution in [0, 0.1) is 9.39 Å². The van der Waals surface area contributed by atoms with Gasteiger partial charge in [0.15, 0.2) is 11.6 Å². The van der Waals surface area contributed by atoms with Crippen LogP contribution in [-0.4, -0.2) is 50.6 Å². The molecular weight excluding hydrogens is 454 g/mol. The first-order valence-corrected chi connectivity index (χ1v) is 9.20. The minimum atomic E-state index is -0.546. The third-order valence-corrected chi connectivity index (χ3v) is 4.54. The van der Waals surface area contributed by atoms with Gasteiger partial charge in [-0.2, -0.15) is 5.10 Å². The van der Waals surface area contributed by atoms with E-state index in [1.807, 2.05) is 20.8 Å². The van der Waals surface area contributed by atoms with Crippen molar-refractivity contribution >= 4 is 28.7 Å². The Bertz CT molecular complexity index is 808. The fourth-order valence-corrected chi connectivity index (χ4v) is 3.26. The predicted octanol–water partition coefficient (Wildman–Crippen LogP) is 3.22. The SMILES string of the molecule is Cn1ncc(I)c1-c1cc(OC2CN(C(=O)OC(C)(C)C)C2)c(F)cn1. The van der Waals surface area contributed by atoms with Crippen molar-refractivity contribution in [3.8, 4) is 17.1 Å². The second-order valence-electron chi connectivity index (χ2n) is 7.09. The molecule has 0 unspecified atom stereocenters. The number of nitrogens with zero attached hydrogens (tertiary/aromatic N) is 4. The highest BCUT2D eigenvalue weighted by Crippen LogP contribution is 2.29. The number of hydrogen-bond donors (Lipinski definition) is 0. The summed E-state index contributed by atoms with van der Waals surface area (Å²) in [7, 11) is 1.80. The first-order chi connectivity index (χ1) is 12.1. The summed E-state index contributed by atoms with van der Waals surface area (Å²) in [6, 6.07) is 1.56. The highest BCUT2D eigenvalue weighted by atomic mass is 127. The molecule has 1 fully saturated rings. The predicted molar refractivity (Wildman–Crippen MR) is 101 cm³/mol. The van der Waals surface area contributed by atoms with Crippen molar-refractivity contribution in [1.29, 1.82) is 0 Å². The Balaban J connectivity index is 1.67. The first kappa shape index (κ1) is 18.9. The van der Waals surface area contributed by atoms with Crippen LogP contribution in [0.15, 0.2) is 18.5 Å². The van der Waals surface area contributed by atoms with E-state index in [4.69, 9.17) is 9.47 Å². The molecule has 3 heterocycles. The van der Waals surface area contributed by atoms with Gasteiger partial charge in [0.2, 0.25) is 0 Å². The normalized spacial score (nSPS) is 14.9. The minimum absolute atomic E-state index is 0.112. The van der Waals surface area contributed by atoms with Crippen LogP contribution in [0.5, 0.6) is 5.75 Å². The number of rotatable bonds is 3. The topological polar surface area (TPSA) is 69.5 Å². The molecule has 3 rings (SSSR count). The maximum absolute atomic E-state index is 14.1. The molecule has 0 aromatic carbocycles. The van der Waals surface area contributed by atoms with Gasteiger partial charge >= 0.3 is 6.09 Å². The molecule has 0 radical (unpaired) electrons. The molecule has 0 spiro atoms. The smallest absolute Gasteiger partial charge is 0.410 e. The number of carbonyl (C=O) groups excluding carboxylic acids is 1. The molecule has 0 N–H and O–H groups in total. The van der Waals surface area contributed by atoms with Crippen molar-refractivity contribution in [2.45, 2.75) is 32.5 Å². The zero-order valence-corrected chi connectivity index (χ0v) is 17.2. The number of pyridine rings is 1. The average Bonchev–Trinajstić information content (AvgIpc) is 2.81. The number of aryl methyl sites for hydroxylation is 1. The lowest BCUT2D eigenvalue weighted by atomic mass is 10.1. The Morgan fingerprint density at radius 3 is 2.62 bits per heavy atom. The van der Waals surface area contributed by atoms with Crippen LogP contribution in [0.2, 0.25) is 0 Å². The van der Waals surface area contributed by atoms with Crippen molar-refractivity contribution in [2.24, 2.45) is 7.05 Å². The number of hydrogen-bond acceptors (Lipinski definition) is 5. The summed E-state index contributed by atoms with van der Waals surface area (Å²) in [6.45, 7) is 6.15. The molecule has 1 amide bonds. The quantitative estimate of drug-likeness (QED) is 0.640. The molecule has 1 aliphatic heterocycles. The summed E-state index contributed by atoms with van der Waals surface area (Å²) in [4.78, 5) is 17.6. The van der Waals surface area contributed by atoms with Gasteiger partial charge < -0.3 is 14.4 Å². The van der Waals surface area contributed by atoms with Crippen molar-refractivity contribution in [3.05, 3.63) is 27.8 Å². The third-order valence-electron chi connectivity index (χ3n) is 3.75. The van der Waals surface area contributed by atoms with Gasteiger partial charge in [-0.25, -0.2) is 9.18 Å². The fraction of sp³-hybridized carbons (Fsp3) is 0.471. The molecule has 9 heteroatoms. The van der Waals surface area contributed by atoms with E-state index in [2.05, 4.69) is 32.7 Å². The zero-order valence-electron chi connectivity index (χ0n) is 15.0. The van der Waals surface area contributed by atoms with Gasteiger partial charge in [-0.1, -0.05) is 0 Å². The lowest BCUT2D eigenvalue weighted by molar-refractivity contribution is -0.0229. The van der Waals surface area contributed by atoms with Gasteiger partial charge in [0, 0.05) is 13.1 Å². The number of amides is 1. The standard InChI is InChI=1S/C17H20FIN4O3/c1-17(2,3)26-16(24)23-8-10(9-23)25-14-5-13(20-6-11(14)18)15-12(19)7-21-22(15)4/h5-7,10H,8-9H2,1-4H3. The molecule has 7 nitrogen and oxygen atoms in total. The molecule has 2 aromatic heterocycles. The molecule has 140 valence electrons. The molecule has 26 heavy (non-hydrogen) atoms.